The predicted octanol–water partition coefficient (Wildman–Crippen LogP) is 4.94. The summed E-state index contributed by atoms with van der Waals surface area (Å²) in [7, 11) is 1.99. The zero-order chi connectivity index (χ0) is 19.1. The Labute approximate surface area is 171 Å². The lowest BCUT2D eigenvalue weighted by Crippen LogP contribution is -1.91. The highest BCUT2D eigenvalue weighted by molar-refractivity contribution is 7.99. The minimum atomic E-state index is 0.363. The van der Waals surface area contributed by atoms with E-state index < -0.39 is 0 Å². The van der Waals surface area contributed by atoms with Gasteiger partial charge in [-0.25, -0.2) is 9.97 Å². The molecule has 0 aliphatic heterocycles. The molecule has 0 amide bonds. The van der Waals surface area contributed by atoms with Crippen LogP contribution in [0, 0.1) is 0 Å². The average molecular weight is 410 g/mol. The minimum Gasteiger partial charge on any atom is -0.343 e. The average Bonchev–Trinajstić information content (AvgIpc) is 3.15. The lowest BCUT2D eigenvalue weighted by Gasteiger charge is -2.07. The normalized spacial score (nSPS) is 18.4. The Hall–Kier alpha value is -2.64. The summed E-state index contributed by atoms with van der Waals surface area (Å²) in [6.07, 6.45) is 5.94. The van der Waals surface area contributed by atoms with E-state index in [1.807, 2.05) is 30.1 Å². The molecule has 5 rings (SSSR count). The van der Waals surface area contributed by atoms with Crippen LogP contribution in [0.3, 0.4) is 0 Å². The summed E-state index contributed by atoms with van der Waals surface area (Å²) < 4.78 is 6.87. The van der Waals surface area contributed by atoms with Crippen LogP contribution < -0.4 is 0 Å². The van der Waals surface area contributed by atoms with E-state index in [0.717, 1.165) is 33.6 Å². The van der Waals surface area contributed by atoms with Crippen molar-refractivity contribution in [1.82, 2.24) is 24.7 Å². The molecule has 0 unspecified atom stereocenters. The number of hydrogen-bond acceptors (Lipinski definition) is 6. The van der Waals surface area contributed by atoms with Crippen molar-refractivity contribution in [3.05, 3.63) is 71.7 Å². The molecule has 1 aliphatic carbocycles. The number of pyridine rings is 1. The van der Waals surface area contributed by atoms with Gasteiger partial charge in [-0.2, -0.15) is 4.98 Å². The first kappa shape index (κ1) is 17.5. The van der Waals surface area contributed by atoms with E-state index in [4.69, 9.17) is 16.1 Å². The Morgan fingerprint density at radius 2 is 1.93 bits per heavy atom. The minimum absolute atomic E-state index is 0.363. The van der Waals surface area contributed by atoms with E-state index in [1.165, 1.54) is 12.0 Å². The van der Waals surface area contributed by atoms with E-state index in [1.54, 1.807) is 18.0 Å². The molecule has 0 radical (unpaired) electrons. The van der Waals surface area contributed by atoms with Gasteiger partial charge < -0.3 is 9.09 Å². The number of aromatic nitrogens is 5. The molecule has 1 aromatic carbocycles. The smallest absolute Gasteiger partial charge is 0.213 e. The number of nitrogens with zero attached hydrogens (tertiary/aromatic N) is 5. The SMILES string of the molecule is Cn1cnc(-c2ccc([C@H]3C[C@@H]3c3ncon3)cc2)c1Sc1ccc(Cl)cn1. The zero-order valence-electron chi connectivity index (χ0n) is 15.0. The molecule has 2 atom stereocenters. The molecule has 6 nitrogen and oxygen atoms in total. The van der Waals surface area contributed by atoms with Crippen LogP contribution in [-0.4, -0.2) is 24.7 Å². The van der Waals surface area contributed by atoms with Gasteiger partial charge in [0, 0.05) is 24.7 Å². The summed E-state index contributed by atoms with van der Waals surface area (Å²) >= 11 is 7.51. The Balaban J connectivity index is 1.37. The second kappa shape index (κ2) is 7.07. The second-order valence-electron chi connectivity index (χ2n) is 6.79. The van der Waals surface area contributed by atoms with Gasteiger partial charge in [-0.05, 0) is 41.8 Å². The molecule has 1 aliphatic rings. The van der Waals surface area contributed by atoms with Gasteiger partial charge in [0.25, 0.3) is 0 Å². The highest BCUT2D eigenvalue weighted by Crippen LogP contribution is 2.53. The summed E-state index contributed by atoms with van der Waals surface area (Å²) in [4.78, 5) is 13.2. The zero-order valence-corrected chi connectivity index (χ0v) is 16.6. The fourth-order valence-corrected chi connectivity index (χ4v) is 4.35. The largest absolute Gasteiger partial charge is 0.343 e. The van der Waals surface area contributed by atoms with Crippen molar-refractivity contribution in [3.8, 4) is 11.3 Å². The molecule has 140 valence electrons. The topological polar surface area (TPSA) is 69.6 Å². The van der Waals surface area contributed by atoms with Gasteiger partial charge in [0.15, 0.2) is 5.82 Å². The summed E-state index contributed by atoms with van der Waals surface area (Å²) in [5, 5.41) is 6.51. The fourth-order valence-electron chi connectivity index (χ4n) is 3.34. The third kappa shape index (κ3) is 3.31. The molecule has 0 bridgehead atoms. The molecule has 1 fully saturated rings. The third-order valence-electron chi connectivity index (χ3n) is 4.90. The van der Waals surface area contributed by atoms with E-state index in [2.05, 4.69) is 44.4 Å². The van der Waals surface area contributed by atoms with E-state index in [9.17, 15) is 0 Å². The van der Waals surface area contributed by atoms with Gasteiger partial charge in [-0.3, -0.25) is 0 Å². The van der Waals surface area contributed by atoms with Gasteiger partial charge >= 0.3 is 0 Å². The third-order valence-corrected chi connectivity index (χ3v) is 6.25. The molecule has 0 spiro atoms. The van der Waals surface area contributed by atoms with Gasteiger partial charge in [-0.15, -0.1) is 0 Å². The molecule has 4 aromatic rings. The second-order valence-corrected chi connectivity index (χ2v) is 8.23. The molecule has 28 heavy (non-hydrogen) atoms. The monoisotopic (exact) mass is 409 g/mol. The first-order chi connectivity index (χ1) is 13.7. The van der Waals surface area contributed by atoms with Crippen molar-refractivity contribution in [2.24, 2.45) is 7.05 Å². The molecule has 0 N–H and O–H groups in total. The first-order valence-electron chi connectivity index (χ1n) is 8.86. The Morgan fingerprint density at radius 3 is 2.64 bits per heavy atom. The summed E-state index contributed by atoms with van der Waals surface area (Å²) in [5.41, 5.74) is 3.32. The number of aryl methyl sites for hydroxylation is 1. The van der Waals surface area contributed by atoms with Crippen molar-refractivity contribution in [2.45, 2.75) is 28.3 Å². The maximum atomic E-state index is 5.94. The van der Waals surface area contributed by atoms with Crippen LogP contribution in [0.2, 0.25) is 5.02 Å². The van der Waals surface area contributed by atoms with E-state index >= 15 is 0 Å². The van der Waals surface area contributed by atoms with Crippen LogP contribution in [0.5, 0.6) is 0 Å². The van der Waals surface area contributed by atoms with Crippen molar-refractivity contribution < 1.29 is 4.52 Å². The lowest BCUT2D eigenvalue weighted by molar-refractivity contribution is 0.410. The van der Waals surface area contributed by atoms with Crippen LogP contribution in [-0.2, 0) is 7.05 Å². The molecular formula is C20H16ClN5OS. The molecule has 0 saturated heterocycles. The quantitative estimate of drug-likeness (QED) is 0.465. The predicted molar refractivity (Wildman–Crippen MR) is 106 cm³/mol. The number of hydrogen-bond donors (Lipinski definition) is 0. The summed E-state index contributed by atoms with van der Waals surface area (Å²) in [6, 6.07) is 12.4. The Bertz CT molecular complexity index is 1090. The van der Waals surface area contributed by atoms with Crippen molar-refractivity contribution in [1.29, 1.82) is 0 Å². The number of imidazole rings is 1. The van der Waals surface area contributed by atoms with Crippen molar-refractivity contribution in [2.75, 3.05) is 0 Å². The first-order valence-corrected chi connectivity index (χ1v) is 10.1. The van der Waals surface area contributed by atoms with Gasteiger partial charge in [0.2, 0.25) is 6.39 Å². The standard InChI is InChI=1S/C20H16ClN5OS/c1-26-10-23-18(20(26)28-17-7-6-14(21)9-22-17)13-4-2-12(3-5-13)15-8-16(15)19-24-11-27-25-19/h2-7,9-11,15-16H,8H2,1H3/t15-,16+/m1/s1. The molecule has 3 aromatic heterocycles. The highest BCUT2D eigenvalue weighted by atomic mass is 35.5. The van der Waals surface area contributed by atoms with Gasteiger partial charge in [0.1, 0.15) is 15.7 Å². The summed E-state index contributed by atoms with van der Waals surface area (Å²) in [6.45, 7) is 0. The number of rotatable bonds is 5. The van der Waals surface area contributed by atoms with Crippen molar-refractivity contribution >= 4 is 23.4 Å². The van der Waals surface area contributed by atoms with Gasteiger partial charge in [0.05, 0.1) is 11.3 Å². The maximum Gasteiger partial charge on any atom is 0.213 e. The lowest BCUT2D eigenvalue weighted by atomic mass is 10.1. The van der Waals surface area contributed by atoms with Crippen LogP contribution >= 0.6 is 23.4 Å². The number of halogens is 1. The van der Waals surface area contributed by atoms with Crippen LogP contribution in [0.15, 0.2) is 69.9 Å². The molecule has 1 saturated carbocycles. The molecular weight excluding hydrogens is 394 g/mol. The van der Waals surface area contributed by atoms with Crippen molar-refractivity contribution in [3.63, 3.8) is 0 Å². The maximum absolute atomic E-state index is 5.94. The number of benzene rings is 1. The fraction of sp³-hybridized carbons (Fsp3) is 0.200. The van der Waals surface area contributed by atoms with E-state index in [0.29, 0.717) is 16.9 Å². The summed E-state index contributed by atoms with van der Waals surface area (Å²) in [5.74, 6) is 1.62. The Morgan fingerprint density at radius 1 is 1.07 bits per heavy atom. The van der Waals surface area contributed by atoms with Crippen LogP contribution in [0.4, 0.5) is 0 Å². The molecule has 8 heteroatoms. The van der Waals surface area contributed by atoms with Crippen LogP contribution in [0.25, 0.3) is 11.3 Å². The Kier molecular flexibility index (Phi) is 4.41. The molecule has 3 heterocycles. The van der Waals surface area contributed by atoms with Gasteiger partial charge in [-0.1, -0.05) is 41.0 Å². The van der Waals surface area contributed by atoms with Crippen LogP contribution in [0.1, 0.15) is 29.6 Å². The highest BCUT2D eigenvalue weighted by Gasteiger charge is 2.42. The van der Waals surface area contributed by atoms with E-state index in [-0.39, 0.29) is 0 Å².